The van der Waals surface area contributed by atoms with Crippen molar-refractivity contribution >= 4 is 17.6 Å². The van der Waals surface area contributed by atoms with Gasteiger partial charge in [0, 0.05) is 26.2 Å². The largest absolute Gasteiger partial charge is 0.453 e. The Bertz CT molecular complexity index is 1330. The van der Waals surface area contributed by atoms with Gasteiger partial charge in [-0.1, -0.05) is 0 Å². The number of fused-ring (bicyclic) bond motifs is 1. The molecule has 190 valence electrons. The van der Waals surface area contributed by atoms with Gasteiger partial charge in [-0.25, -0.2) is 18.6 Å². The van der Waals surface area contributed by atoms with Gasteiger partial charge in [0.05, 0.1) is 48.7 Å². The van der Waals surface area contributed by atoms with E-state index < -0.39 is 29.2 Å². The summed E-state index contributed by atoms with van der Waals surface area (Å²) in [4.78, 5) is 30.6. The van der Waals surface area contributed by atoms with Crippen molar-refractivity contribution in [2.24, 2.45) is 0 Å². The Labute approximate surface area is 207 Å². The van der Waals surface area contributed by atoms with Crippen molar-refractivity contribution in [3.8, 4) is 11.3 Å². The number of morpholine rings is 1. The molecule has 0 unspecified atom stereocenters. The molecule has 1 aliphatic carbocycles. The minimum absolute atomic E-state index is 0.172. The van der Waals surface area contributed by atoms with Crippen molar-refractivity contribution in [3.05, 3.63) is 58.9 Å². The molecule has 1 N–H and O–H groups in total. The van der Waals surface area contributed by atoms with Crippen molar-refractivity contribution < 1.29 is 27.8 Å². The van der Waals surface area contributed by atoms with E-state index in [-0.39, 0.29) is 30.1 Å². The predicted octanol–water partition coefficient (Wildman–Crippen LogP) is 3.38. The van der Waals surface area contributed by atoms with Crippen LogP contribution in [0.3, 0.4) is 0 Å². The van der Waals surface area contributed by atoms with Gasteiger partial charge >= 0.3 is 6.09 Å². The molecule has 1 atom stereocenters. The fourth-order valence-electron chi connectivity index (χ4n) is 5.03. The second-order valence-electron chi connectivity index (χ2n) is 9.43. The second-order valence-corrected chi connectivity index (χ2v) is 9.43. The maximum Gasteiger partial charge on any atom is 0.409 e. The quantitative estimate of drug-likeness (QED) is 0.583. The number of rotatable bonds is 5. The van der Waals surface area contributed by atoms with E-state index in [0.717, 1.165) is 5.56 Å². The van der Waals surface area contributed by atoms with Crippen LogP contribution >= 0.6 is 0 Å². The average molecular weight is 499 g/mol. The standard InChI is InChI=1S/C26H28F2N4O4/c1-15-4-7-32-20(13-17-14-31(8-9-36-17)25(34)35-3)23(30-21(32)10-15)22-18(27)11-16(12-19(22)28)26(5-6-26)24(33)29-2/h4,7,10-12,17H,5-6,8-9,13-14H2,1-3H3,(H,29,33)/t17-/m0/s1. The van der Waals surface area contributed by atoms with Crippen LogP contribution in [0.25, 0.3) is 16.9 Å². The zero-order valence-corrected chi connectivity index (χ0v) is 20.4. The molecule has 2 aliphatic rings. The van der Waals surface area contributed by atoms with Crippen LogP contribution in [0, 0.1) is 18.6 Å². The highest BCUT2D eigenvalue weighted by atomic mass is 19.1. The van der Waals surface area contributed by atoms with Crippen molar-refractivity contribution in [3.63, 3.8) is 0 Å². The van der Waals surface area contributed by atoms with E-state index in [1.54, 1.807) is 9.30 Å². The van der Waals surface area contributed by atoms with Crippen LogP contribution in [0.4, 0.5) is 13.6 Å². The van der Waals surface area contributed by atoms with E-state index in [1.165, 1.54) is 26.3 Å². The Balaban J connectivity index is 1.57. The first-order chi connectivity index (χ1) is 17.3. The summed E-state index contributed by atoms with van der Waals surface area (Å²) < 4.78 is 43.7. The fraction of sp³-hybridized carbons (Fsp3) is 0.423. The first-order valence-electron chi connectivity index (χ1n) is 11.9. The number of nitrogens with one attached hydrogen (secondary N) is 1. The van der Waals surface area contributed by atoms with Crippen LogP contribution in [0.5, 0.6) is 0 Å². The number of halogens is 2. The molecule has 3 aromatic rings. The third kappa shape index (κ3) is 4.09. The molecule has 0 spiro atoms. The molecular weight excluding hydrogens is 470 g/mol. The maximum atomic E-state index is 15.6. The van der Waals surface area contributed by atoms with Crippen LogP contribution < -0.4 is 5.32 Å². The van der Waals surface area contributed by atoms with Gasteiger partial charge in [0.15, 0.2) is 0 Å². The summed E-state index contributed by atoms with van der Waals surface area (Å²) in [5.41, 5.74) is 1.43. The summed E-state index contributed by atoms with van der Waals surface area (Å²) in [7, 11) is 2.84. The van der Waals surface area contributed by atoms with E-state index >= 15 is 8.78 Å². The lowest BCUT2D eigenvalue weighted by Crippen LogP contribution is -2.46. The van der Waals surface area contributed by atoms with E-state index in [9.17, 15) is 9.59 Å². The van der Waals surface area contributed by atoms with E-state index in [4.69, 9.17) is 9.47 Å². The van der Waals surface area contributed by atoms with Crippen LogP contribution in [0.15, 0.2) is 30.5 Å². The molecule has 2 amide bonds. The molecule has 5 rings (SSSR count). The summed E-state index contributed by atoms with van der Waals surface area (Å²) >= 11 is 0. The van der Waals surface area contributed by atoms with Gasteiger partial charge in [0.2, 0.25) is 5.91 Å². The lowest BCUT2D eigenvalue weighted by atomic mass is 9.92. The predicted molar refractivity (Wildman–Crippen MR) is 128 cm³/mol. The van der Waals surface area contributed by atoms with Crippen LogP contribution in [-0.4, -0.2) is 66.2 Å². The number of hydrogen-bond acceptors (Lipinski definition) is 5. The Morgan fingerprint density at radius 3 is 2.61 bits per heavy atom. The molecule has 0 bridgehead atoms. The molecule has 36 heavy (non-hydrogen) atoms. The minimum Gasteiger partial charge on any atom is -0.453 e. The third-order valence-corrected chi connectivity index (χ3v) is 7.12. The molecule has 2 fully saturated rings. The summed E-state index contributed by atoms with van der Waals surface area (Å²) in [6.07, 6.45) is 2.31. The molecule has 3 heterocycles. The number of likely N-dealkylation sites (N-methyl/N-ethyl adjacent to an activating group) is 1. The zero-order valence-electron chi connectivity index (χ0n) is 20.4. The van der Waals surface area contributed by atoms with E-state index in [1.807, 2.05) is 25.3 Å². The smallest absolute Gasteiger partial charge is 0.409 e. The molecule has 1 saturated heterocycles. The molecule has 0 radical (unpaired) electrons. The van der Waals surface area contributed by atoms with Crippen molar-refractivity contribution in [2.45, 2.75) is 37.7 Å². The van der Waals surface area contributed by atoms with Crippen molar-refractivity contribution in [1.82, 2.24) is 19.6 Å². The minimum atomic E-state index is -0.888. The van der Waals surface area contributed by atoms with Gasteiger partial charge in [-0.05, 0) is 55.2 Å². The molecule has 8 nitrogen and oxygen atoms in total. The Hall–Kier alpha value is -3.53. The Morgan fingerprint density at radius 2 is 1.97 bits per heavy atom. The first kappa shape index (κ1) is 24.2. The Morgan fingerprint density at radius 1 is 1.25 bits per heavy atom. The fourth-order valence-corrected chi connectivity index (χ4v) is 5.03. The molecule has 10 heteroatoms. The Kier molecular flexibility index (Phi) is 6.15. The summed E-state index contributed by atoms with van der Waals surface area (Å²) in [5.74, 6) is -1.80. The van der Waals surface area contributed by atoms with Gasteiger partial charge in [0.25, 0.3) is 0 Å². The number of imidazole rings is 1. The lowest BCUT2D eigenvalue weighted by molar-refractivity contribution is -0.123. The van der Waals surface area contributed by atoms with Crippen LogP contribution in [0.1, 0.15) is 29.7 Å². The zero-order chi connectivity index (χ0) is 25.6. The highest BCUT2D eigenvalue weighted by Crippen LogP contribution is 2.49. The summed E-state index contributed by atoms with van der Waals surface area (Å²) in [6, 6.07) is 6.22. The summed E-state index contributed by atoms with van der Waals surface area (Å²) in [6.45, 7) is 2.92. The van der Waals surface area contributed by atoms with Gasteiger partial charge in [-0.3, -0.25) is 4.79 Å². The number of benzene rings is 1. The number of carbonyl (C=O) groups is 2. The normalized spacial score (nSPS) is 18.8. The van der Waals surface area contributed by atoms with Gasteiger partial charge in [0.1, 0.15) is 17.3 Å². The monoisotopic (exact) mass is 498 g/mol. The van der Waals surface area contributed by atoms with E-state index in [2.05, 4.69) is 10.3 Å². The van der Waals surface area contributed by atoms with Crippen LogP contribution in [-0.2, 0) is 26.1 Å². The topological polar surface area (TPSA) is 85.2 Å². The number of pyridine rings is 1. The van der Waals surface area contributed by atoms with Gasteiger partial charge < -0.3 is 24.1 Å². The molecule has 1 saturated carbocycles. The molecule has 2 aromatic heterocycles. The van der Waals surface area contributed by atoms with Gasteiger partial charge in [-0.15, -0.1) is 0 Å². The number of aryl methyl sites for hydroxylation is 1. The highest BCUT2D eigenvalue weighted by Gasteiger charge is 2.51. The first-order valence-corrected chi connectivity index (χ1v) is 11.9. The summed E-state index contributed by atoms with van der Waals surface area (Å²) in [5, 5.41) is 2.59. The number of aromatic nitrogens is 2. The number of methoxy groups -OCH3 is 1. The SMILES string of the molecule is CNC(=O)C1(c2cc(F)c(-c3nc4cc(C)ccn4c3C[C@H]3CN(C(=O)OC)CCO3)c(F)c2)CC1. The lowest BCUT2D eigenvalue weighted by Gasteiger charge is -2.32. The van der Waals surface area contributed by atoms with E-state index in [0.29, 0.717) is 42.9 Å². The average Bonchev–Trinajstić information content (AvgIpc) is 3.61. The number of ether oxygens (including phenoxy) is 2. The number of carbonyl (C=O) groups excluding carboxylic acids is 2. The molecular formula is C26H28F2N4O4. The maximum absolute atomic E-state index is 15.6. The van der Waals surface area contributed by atoms with Crippen LogP contribution in [0.2, 0.25) is 0 Å². The molecule has 1 aliphatic heterocycles. The number of hydrogen-bond donors (Lipinski definition) is 1. The second kappa shape index (κ2) is 9.16. The highest BCUT2D eigenvalue weighted by molar-refractivity contribution is 5.91. The molecule has 1 aromatic carbocycles. The third-order valence-electron chi connectivity index (χ3n) is 7.12. The van der Waals surface area contributed by atoms with Crippen molar-refractivity contribution in [2.75, 3.05) is 33.9 Å². The number of amides is 2. The number of nitrogens with zero attached hydrogens (tertiary/aromatic N) is 3. The van der Waals surface area contributed by atoms with Crippen molar-refractivity contribution in [1.29, 1.82) is 0 Å². The van der Waals surface area contributed by atoms with Gasteiger partial charge in [-0.2, -0.15) is 0 Å².